The summed E-state index contributed by atoms with van der Waals surface area (Å²) in [6.45, 7) is 20.5. The van der Waals surface area contributed by atoms with Crippen LogP contribution < -0.4 is 11.1 Å². The molecule has 0 aliphatic carbocycles. The van der Waals surface area contributed by atoms with Crippen molar-refractivity contribution >= 4 is 17.2 Å². The van der Waals surface area contributed by atoms with Gasteiger partial charge in [0.2, 0.25) is 0 Å². The molecule has 3 N–H and O–H groups in total. The lowest BCUT2D eigenvalue weighted by Gasteiger charge is -2.37. The largest absolute Gasteiger partial charge is 0.393 e. The molecule has 2 aromatic carbocycles. The summed E-state index contributed by atoms with van der Waals surface area (Å²) >= 11 is 0. The number of allylic oxidation sites excluding steroid dienone is 4. The number of anilines is 1. The SMILES string of the molecule is C=C/C(=C(\C)N=C(N/C(C)=C/C)c1ccc(C(C)(C)C)cc1)N1CCN(Cc2cccc([N+](=O)[O-])c2N)CC1. The summed E-state index contributed by atoms with van der Waals surface area (Å²) < 4.78 is 0. The molecular formula is C31H42N6O2. The van der Waals surface area contributed by atoms with E-state index in [-0.39, 0.29) is 16.8 Å². The molecule has 8 heteroatoms. The maximum Gasteiger partial charge on any atom is 0.292 e. The number of nitro groups is 1. The molecule has 3 rings (SSSR count). The Balaban J connectivity index is 1.80. The van der Waals surface area contributed by atoms with Crippen LogP contribution in [-0.2, 0) is 12.0 Å². The number of nitrogens with zero attached hydrogens (tertiary/aromatic N) is 4. The Bertz CT molecular complexity index is 1280. The number of aliphatic imine (C=N–C) groups is 1. The van der Waals surface area contributed by atoms with Gasteiger partial charge in [0, 0.05) is 50.1 Å². The van der Waals surface area contributed by atoms with E-state index in [1.807, 2.05) is 39.0 Å². The van der Waals surface area contributed by atoms with Crippen LogP contribution in [0.1, 0.15) is 58.2 Å². The number of benzene rings is 2. The van der Waals surface area contributed by atoms with E-state index < -0.39 is 4.92 Å². The summed E-state index contributed by atoms with van der Waals surface area (Å²) in [5.41, 5.74) is 12.3. The number of nitrogens with two attached hydrogens (primary N) is 1. The maximum absolute atomic E-state index is 11.3. The van der Waals surface area contributed by atoms with Crippen LogP contribution in [-0.4, -0.2) is 46.7 Å². The number of nitrogen functional groups attached to an aromatic ring is 1. The van der Waals surface area contributed by atoms with Crippen molar-refractivity contribution in [1.29, 1.82) is 0 Å². The minimum Gasteiger partial charge on any atom is -0.393 e. The van der Waals surface area contributed by atoms with Crippen LogP contribution in [0.15, 0.2) is 83.3 Å². The first-order valence-corrected chi connectivity index (χ1v) is 13.4. The number of hydrogen-bond donors (Lipinski definition) is 2. The molecular weight excluding hydrogens is 488 g/mol. The molecule has 0 bridgehead atoms. The van der Waals surface area contributed by atoms with Crippen molar-refractivity contribution in [2.24, 2.45) is 4.99 Å². The lowest BCUT2D eigenvalue weighted by molar-refractivity contribution is -0.384. The number of nitrogens with one attached hydrogen (secondary N) is 1. The van der Waals surface area contributed by atoms with Gasteiger partial charge in [0.15, 0.2) is 0 Å². The third-order valence-corrected chi connectivity index (χ3v) is 7.09. The molecule has 8 nitrogen and oxygen atoms in total. The molecule has 0 spiro atoms. The standard InChI is InChI=1S/C31H42N6O2/c1-8-22(3)33-30(24-13-15-26(16-14-24)31(5,6)7)34-23(4)27(9-2)36-19-17-35(18-20-36)21-25-11-10-12-28(29(25)32)37(38)39/h8-16H,2,17-21,32H2,1,3-7H3,(H,33,34)/b22-8+,27-23-. The third kappa shape index (κ3) is 7.57. The van der Waals surface area contributed by atoms with Gasteiger partial charge in [-0.2, -0.15) is 0 Å². The zero-order chi connectivity index (χ0) is 28.7. The van der Waals surface area contributed by atoms with Gasteiger partial charge in [0.05, 0.1) is 16.3 Å². The Labute approximate surface area is 232 Å². The third-order valence-electron chi connectivity index (χ3n) is 7.09. The van der Waals surface area contributed by atoms with Crippen LogP contribution in [0.3, 0.4) is 0 Å². The maximum atomic E-state index is 11.3. The fourth-order valence-electron chi connectivity index (χ4n) is 4.57. The average Bonchev–Trinajstić information content (AvgIpc) is 2.90. The van der Waals surface area contributed by atoms with Gasteiger partial charge in [-0.05, 0) is 43.4 Å². The molecule has 0 saturated carbocycles. The van der Waals surface area contributed by atoms with Gasteiger partial charge in [-0.25, -0.2) is 4.99 Å². The quantitative estimate of drug-likeness (QED) is 0.109. The number of amidine groups is 1. The Hall–Kier alpha value is -3.91. The molecule has 0 aromatic heterocycles. The van der Waals surface area contributed by atoms with E-state index in [0.717, 1.165) is 60.2 Å². The van der Waals surface area contributed by atoms with Crippen LogP contribution in [0, 0.1) is 10.1 Å². The highest BCUT2D eigenvalue weighted by Gasteiger charge is 2.22. The highest BCUT2D eigenvalue weighted by Crippen LogP contribution is 2.27. The van der Waals surface area contributed by atoms with Gasteiger partial charge < -0.3 is 16.0 Å². The minimum atomic E-state index is -0.429. The fraction of sp³-hybridized carbons (Fsp3) is 0.387. The zero-order valence-corrected chi connectivity index (χ0v) is 24.1. The second-order valence-corrected chi connectivity index (χ2v) is 10.9. The Kier molecular flexibility index (Phi) is 9.70. The molecule has 0 unspecified atom stereocenters. The molecule has 1 heterocycles. The summed E-state index contributed by atoms with van der Waals surface area (Å²) in [4.78, 5) is 20.4. The molecule has 1 aliphatic rings. The van der Waals surface area contributed by atoms with Gasteiger partial charge in [0.25, 0.3) is 5.69 Å². The van der Waals surface area contributed by atoms with E-state index in [4.69, 9.17) is 10.7 Å². The predicted molar refractivity (Wildman–Crippen MR) is 162 cm³/mol. The lowest BCUT2D eigenvalue weighted by Crippen LogP contribution is -2.45. The van der Waals surface area contributed by atoms with E-state index in [1.54, 1.807) is 6.07 Å². The molecule has 0 atom stereocenters. The first-order chi connectivity index (χ1) is 18.4. The van der Waals surface area contributed by atoms with Crippen LogP contribution >= 0.6 is 0 Å². The summed E-state index contributed by atoms with van der Waals surface area (Å²) in [7, 11) is 0. The lowest BCUT2D eigenvalue weighted by atomic mass is 9.86. The van der Waals surface area contributed by atoms with Crippen LogP contribution in [0.5, 0.6) is 0 Å². The Morgan fingerprint density at radius 1 is 1.13 bits per heavy atom. The van der Waals surface area contributed by atoms with Gasteiger partial charge >= 0.3 is 0 Å². The summed E-state index contributed by atoms with van der Waals surface area (Å²) in [5, 5.41) is 14.7. The molecule has 208 valence electrons. The number of piperazine rings is 1. The molecule has 0 radical (unpaired) electrons. The first kappa shape index (κ1) is 29.6. The van der Waals surface area contributed by atoms with Crippen molar-refractivity contribution in [1.82, 2.24) is 15.1 Å². The predicted octanol–water partition coefficient (Wildman–Crippen LogP) is 5.97. The van der Waals surface area contributed by atoms with Crippen molar-refractivity contribution in [3.8, 4) is 0 Å². The van der Waals surface area contributed by atoms with Crippen LogP contribution in [0.25, 0.3) is 0 Å². The normalized spacial score (nSPS) is 16.1. The number of para-hydroxylation sites is 1. The highest BCUT2D eigenvalue weighted by molar-refractivity contribution is 6.00. The smallest absolute Gasteiger partial charge is 0.292 e. The van der Waals surface area contributed by atoms with Crippen LogP contribution in [0.2, 0.25) is 0 Å². The van der Waals surface area contributed by atoms with Crippen molar-refractivity contribution in [2.75, 3.05) is 31.9 Å². The molecule has 1 aliphatic heterocycles. The molecule has 1 saturated heterocycles. The Morgan fingerprint density at radius 3 is 2.31 bits per heavy atom. The highest BCUT2D eigenvalue weighted by atomic mass is 16.6. The molecule has 1 fully saturated rings. The number of rotatable bonds is 8. The van der Waals surface area contributed by atoms with Gasteiger partial charge in [0.1, 0.15) is 11.5 Å². The molecule has 39 heavy (non-hydrogen) atoms. The number of hydrogen-bond acceptors (Lipinski definition) is 6. The summed E-state index contributed by atoms with van der Waals surface area (Å²) in [5.74, 6) is 0.794. The van der Waals surface area contributed by atoms with E-state index in [0.29, 0.717) is 6.54 Å². The van der Waals surface area contributed by atoms with E-state index in [2.05, 4.69) is 66.7 Å². The monoisotopic (exact) mass is 530 g/mol. The van der Waals surface area contributed by atoms with Crippen LogP contribution in [0.4, 0.5) is 11.4 Å². The van der Waals surface area contributed by atoms with E-state index in [9.17, 15) is 10.1 Å². The van der Waals surface area contributed by atoms with Gasteiger partial charge in [-0.1, -0.05) is 69.8 Å². The van der Waals surface area contributed by atoms with Crippen molar-refractivity contribution < 1.29 is 4.92 Å². The van der Waals surface area contributed by atoms with Crippen molar-refractivity contribution in [2.45, 2.75) is 53.5 Å². The van der Waals surface area contributed by atoms with Gasteiger partial charge in [-0.15, -0.1) is 0 Å². The zero-order valence-electron chi connectivity index (χ0n) is 24.1. The van der Waals surface area contributed by atoms with Crippen molar-refractivity contribution in [3.63, 3.8) is 0 Å². The van der Waals surface area contributed by atoms with Gasteiger partial charge in [-0.3, -0.25) is 15.0 Å². The topological polar surface area (TPSA) is 100 Å². The van der Waals surface area contributed by atoms with Crippen molar-refractivity contribution in [3.05, 3.63) is 105 Å². The molecule has 2 aromatic rings. The minimum absolute atomic E-state index is 0.0397. The Morgan fingerprint density at radius 2 is 1.77 bits per heavy atom. The first-order valence-electron chi connectivity index (χ1n) is 13.4. The average molecular weight is 531 g/mol. The fourth-order valence-corrected chi connectivity index (χ4v) is 4.57. The summed E-state index contributed by atoms with van der Waals surface area (Å²) in [6, 6.07) is 13.6. The summed E-state index contributed by atoms with van der Waals surface area (Å²) in [6.07, 6.45) is 3.90. The number of nitro benzene ring substituents is 1. The second-order valence-electron chi connectivity index (χ2n) is 10.9. The molecule has 0 amide bonds. The van der Waals surface area contributed by atoms with E-state index >= 15 is 0 Å². The second kappa shape index (κ2) is 12.8. The van der Waals surface area contributed by atoms with E-state index in [1.165, 1.54) is 11.6 Å².